The first-order chi connectivity index (χ1) is 14.7. The van der Waals surface area contributed by atoms with Gasteiger partial charge in [-0.05, 0) is 53.4 Å². The van der Waals surface area contributed by atoms with E-state index in [0.29, 0.717) is 30.8 Å². The number of hydrogen-bond donors (Lipinski definition) is 1. The van der Waals surface area contributed by atoms with Crippen molar-refractivity contribution in [2.75, 3.05) is 19.7 Å². The van der Waals surface area contributed by atoms with Gasteiger partial charge in [-0.1, -0.05) is 12.8 Å². The number of esters is 1. The summed E-state index contributed by atoms with van der Waals surface area (Å²) in [5.41, 5.74) is 1.27. The summed E-state index contributed by atoms with van der Waals surface area (Å²) >= 11 is 0. The molecule has 1 aromatic heterocycles. The Morgan fingerprint density at radius 2 is 1.65 bits per heavy atom. The van der Waals surface area contributed by atoms with Crippen molar-refractivity contribution in [2.24, 2.45) is 5.92 Å². The number of piperidine rings is 1. The van der Waals surface area contributed by atoms with E-state index in [9.17, 15) is 18.0 Å². The van der Waals surface area contributed by atoms with Gasteiger partial charge < -0.3 is 14.6 Å². The summed E-state index contributed by atoms with van der Waals surface area (Å²) in [5, 5.41) is 3.13. The Labute approximate surface area is 185 Å². The molecule has 31 heavy (non-hydrogen) atoms. The lowest BCUT2D eigenvalue weighted by molar-refractivity contribution is -0.126. The van der Waals surface area contributed by atoms with Gasteiger partial charge >= 0.3 is 5.97 Å². The van der Waals surface area contributed by atoms with Crippen LogP contribution in [-0.4, -0.2) is 54.9 Å². The molecule has 0 atom stereocenters. The molecule has 0 unspecified atom stereocenters. The molecular formula is C22H35N3O5S. The highest BCUT2D eigenvalue weighted by atomic mass is 32.2. The van der Waals surface area contributed by atoms with Crippen LogP contribution in [-0.2, 0) is 26.1 Å². The molecule has 1 amide bonds. The van der Waals surface area contributed by atoms with Crippen molar-refractivity contribution in [2.45, 2.75) is 83.7 Å². The van der Waals surface area contributed by atoms with Crippen molar-refractivity contribution >= 4 is 21.9 Å². The summed E-state index contributed by atoms with van der Waals surface area (Å²) in [6.45, 7) is 8.37. The number of amides is 1. The molecule has 1 aliphatic carbocycles. The first-order valence-corrected chi connectivity index (χ1v) is 12.8. The van der Waals surface area contributed by atoms with Gasteiger partial charge in [-0.25, -0.2) is 13.2 Å². The number of rotatable bonds is 7. The van der Waals surface area contributed by atoms with Crippen molar-refractivity contribution in [1.29, 1.82) is 0 Å². The van der Waals surface area contributed by atoms with E-state index in [0.717, 1.165) is 25.7 Å². The van der Waals surface area contributed by atoms with Gasteiger partial charge in [0.05, 0.1) is 6.61 Å². The van der Waals surface area contributed by atoms with Crippen LogP contribution < -0.4 is 5.32 Å². The second-order valence-corrected chi connectivity index (χ2v) is 10.4. The van der Waals surface area contributed by atoms with Gasteiger partial charge in [0.2, 0.25) is 15.9 Å². The molecule has 0 spiro atoms. The van der Waals surface area contributed by atoms with E-state index in [1.54, 1.807) is 20.8 Å². The molecule has 0 bridgehead atoms. The third-order valence-electron chi connectivity index (χ3n) is 6.65. The zero-order chi connectivity index (χ0) is 22.8. The van der Waals surface area contributed by atoms with Crippen molar-refractivity contribution < 1.29 is 22.7 Å². The van der Waals surface area contributed by atoms with Crippen LogP contribution in [0.3, 0.4) is 0 Å². The van der Waals surface area contributed by atoms with E-state index < -0.39 is 16.0 Å². The van der Waals surface area contributed by atoms with E-state index >= 15 is 0 Å². The lowest BCUT2D eigenvalue weighted by Gasteiger charge is -2.31. The molecule has 3 rings (SSSR count). The predicted molar refractivity (Wildman–Crippen MR) is 117 cm³/mol. The molecule has 2 heterocycles. The number of carbonyl (C=O) groups excluding carboxylic acids is 2. The zero-order valence-corrected chi connectivity index (χ0v) is 19.9. The van der Waals surface area contributed by atoms with Gasteiger partial charge in [0.25, 0.3) is 0 Å². The third-order valence-corrected chi connectivity index (χ3v) is 8.71. The minimum absolute atomic E-state index is 0.0409. The monoisotopic (exact) mass is 453 g/mol. The number of aromatic nitrogens is 1. The number of nitrogens with one attached hydrogen (secondary N) is 1. The summed E-state index contributed by atoms with van der Waals surface area (Å²) in [5.74, 6) is -0.736. The fourth-order valence-electron chi connectivity index (χ4n) is 4.96. The molecule has 8 nitrogen and oxygen atoms in total. The van der Waals surface area contributed by atoms with E-state index in [4.69, 9.17) is 4.74 Å². The van der Waals surface area contributed by atoms with E-state index in [1.807, 2.05) is 11.5 Å². The molecule has 0 aromatic carbocycles. The van der Waals surface area contributed by atoms with Crippen LogP contribution in [0.1, 0.15) is 74.1 Å². The molecule has 1 saturated carbocycles. The highest BCUT2D eigenvalue weighted by molar-refractivity contribution is 7.89. The molecule has 9 heteroatoms. The average Bonchev–Trinajstić information content (AvgIpc) is 3.33. The molecule has 1 aliphatic heterocycles. The van der Waals surface area contributed by atoms with Gasteiger partial charge in [0.15, 0.2) is 0 Å². The van der Waals surface area contributed by atoms with E-state index in [2.05, 4.69) is 5.32 Å². The van der Waals surface area contributed by atoms with Crippen molar-refractivity contribution in [1.82, 2.24) is 14.2 Å². The summed E-state index contributed by atoms with van der Waals surface area (Å²) in [7, 11) is -3.89. The van der Waals surface area contributed by atoms with Crippen LogP contribution in [0.15, 0.2) is 4.90 Å². The minimum atomic E-state index is -3.89. The molecule has 0 radical (unpaired) electrons. The normalized spacial score (nSPS) is 19.0. The van der Waals surface area contributed by atoms with Crippen LogP contribution in [0.25, 0.3) is 0 Å². The maximum absolute atomic E-state index is 13.6. The molecule has 1 N–H and O–H groups in total. The fraction of sp³-hybridized carbons (Fsp3) is 0.727. The number of ether oxygens (including phenoxy) is 1. The van der Waals surface area contributed by atoms with E-state index in [1.165, 1.54) is 4.31 Å². The SMILES string of the molecule is CCOC(=O)c1c(S(=O)(=O)N2CCC(C(=O)NC3CCCC3)CC2)c(C)n(CC)c1C. The van der Waals surface area contributed by atoms with Gasteiger partial charge in [-0.3, -0.25) is 4.79 Å². The predicted octanol–water partition coefficient (Wildman–Crippen LogP) is 2.76. The number of hydrogen-bond acceptors (Lipinski definition) is 5. The van der Waals surface area contributed by atoms with Crippen LogP contribution in [0.5, 0.6) is 0 Å². The molecule has 1 aromatic rings. The first-order valence-electron chi connectivity index (χ1n) is 11.4. The Morgan fingerprint density at radius 3 is 2.19 bits per heavy atom. The summed E-state index contributed by atoms with van der Waals surface area (Å²) in [6.07, 6.45) is 5.34. The van der Waals surface area contributed by atoms with Crippen molar-refractivity contribution in [3.63, 3.8) is 0 Å². The first kappa shape index (κ1) is 23.8. The molecule has 2 aliphatic rings. The van der Waals surface area contributed by atoms with E-state index in [-0.39, 0.29) is 48.0 Å². The minimum Gasteiger partial charge on any atom is -0.462 e. The second-order valence-electron chi connectivity index (χ2n) is 8.51. The zero-order valence-electron chi connectivity index (χ0n) is 19.1. The fourth-order valence-corrected chi connectivity index (χ4v) is 6.89. The second kappa shape index (κ2) is 9.73. The molecular weight excluding hydrogens is 418 g/mol. The van der Waals surface area contributed by atoms with Crippen LogP contribution >= 0.6 is 0 Å². The number of carbonyl (C=O) groups is 2. The number of sulfonamides is 1. The van der Waals surface area contributed by atoms with Gasteiger partial charge in [-0.15, -0.1) is 0 Å². The Balaban J connectivity index is 1.79. The van der Waals surface area contributed by atoms with Gasteiger partial charge in [0, 0.05) is 43.0 Å². The Kier molecular flexibility index (Phi) is 7.47. The summed E-state index contributed by atoms with van der Waals surface area (Å²) in [4.78, 5) is 25.3. The Morgan fingerprint density at radius 1 is 1.03 bits per heavy atom. The Hall–Kier alpha value is -1.87. The quantitative estimate of drug-likeness (QED) is 0.640. The smallest absolute Gasteiger partial charge is 0.341 e. The highest BCUT2D eigenvalue weighted by Crippen LogP contribution is 2.32. The number of nitrogens with zero attached hydrogens (tertiary/aromatic N) is 2. The maximum Gasteiger partial charge on any atom is 0.341 e. The van der Waals surface area contributed by atoms with Crippen LogP contribution in [0.2, 0.25) is 0 Å². The Bertz CT molecular complexity index is 923. The maximum atomic E-state index is 13.6. The highest BCUT2D eigenvalue weighted by Gasteiger charge is 2.38. The largest absolute Gasteiger partial charge is 0.462 e. The standard InChI is InChI=1S/C22H35N3O5S/c1-5-25-15(3)19(22(27)30-6-2)20(16(25)4)31(28,29)24-13-11-17(12-14-24)21(26)23-18-9-7-8-10-18/h17-18H,5-14H2,1-4H3,(H,23,26). The molecule has 2 fully saturated rings. The average molecular weight is 454 g/mol. The van der Waals surface area contributed by atoms with Crippen molar-refractivity contribution in [3.05, 3.63) is 17.0 Å². The lowest BCUT2D eigenvalue weighted by atomic mass is 9.97. The summed E-state index contributed by atoms with van der Waals surface area (Å²) < 4.78 is 35.6. The van der Waals surface area contributed by atoms with Gasteiger partial charge in [0.1, 0.15) is 10.5 Å². The van der Waals surface area contributed by atoms with Gasteiger partial charge in [-0.2, -0.15) is 4.31 Å². The lowest BCUT2D eigenvalue weighted by Crippen LogP contribution is -2.45. The molecule has 1 saturated heterocycles. The van der Waals surface area contributed by atoms with Crippen molar-refractivity contribution in [3.8, 4) is 0 Å². The molecule has 174 valence electrons. The topological polar surface area (TPSA) is 97.7 Å². The summed E-state index contributed by atoms with van der Waals surface area (Å²) in [6, 6.07) is 0.265. The van der Waals surface area contributed by atoms with Crippen LogP contribution in [0, 0.1) is 19.8 Å². The van der Waals surface area contributed by atoms with Crippen LogP contribution in [0.4, 0.5) is 0 Å². The third kappa shape index (κ3) is 4.67.